The highest BCUT2D eigenvalue weighted by Gasteiger charge is 2.24. The first kappa shape index (κ1) is 14.8. The fraction of sp³-hybridized carbons (Fsp3) is 0.588. The van der Waals surface area contributed by atoms with Crippen molar-refractivity contribution in [1.29, 1.82) is 5.26 Å². The van der Waals surface area contributed by atoms with E-state index in [9.17, 15) is 9.65 Å². The monoisotopic (exact) mass is 274 g/mol. The quantitative estimate of drug-likeness (QED) is 0.791. The van der Waals surface area contributed by atoms with Crippen LogP contribution in [0.4, 0.5) is 10.1 Å². The second kappa shape index (κ2) is 6.74. The van der Waals surface area contributed by atoms with Gasteiger partial charge in [0, 0.05) is 12.6 Å². The van der Waals surface area contributed by atoms with Crippen molar-refractivity contribution in [1.82, 2.24) is 0 Å². The van der Waals surface area contributed by atoms with Crippen LogP contribution in [0.2, 0.25) is 0 Å². The molecule has 0 N–H and O–H groups in total. The molecule has 2 rings (SSSR count). The van der Waals surface area contributed by atoms with E-state index in [1.807, 2.05) is 0 Å². The minimum absolute atomic E-state index is 0.333. The molecular weight excluding hydrogens is 251 g/mol. The zero-order valence-electron chi connectivity index (χ0n) is 12.4. The van der Waals surface area contributed by atoms with Gasteiger partial charge in [-0.25, -0.2) is 4.39 Å². The summed E-state index contributed by atoms with van der Waals surface area (Å²) in [5.41, 5.74) is 1.36. The Labute approximate surface area is 121 Å². The van der Waals surface area contributed by atoms with E-state index >= 15 is 0 Å². The molecule has 20 heavy (non-hydrogen) atoms. The van der Waals surface area contributed by atoms with Crippen molar-refractivity contribution in [2.45, 2.75) is 52.0 Å². The maximum Gasteiger partial charge on any atom is 0.124 e. The summed E-state index contributed by atoms with van der Waals surface area (Å²) in [5, 5.41) is 9.27. The Morgan fingerprint density at radius 2 is 2.05 bits per heavy atom. The van der Waals surface area contributed by atoms with Gasteiger partial charge < -0.3 is 4.90 Å². The topological polar surface area (TPSA) is 27.0 Å². The van der Waals surface area contributed by atoms with Crippen LogP contribution in [0, 0.1) is 23.1 Å². The van der Waals surface area contributed by atoms with Crippen LogP contribution < -0.4 is 4.90 Å². The lowest BCUT2D eigenvalue weighted by Gasteiger charge is -2.32. The standard InChI is InChI=1S/C17H23FN2/c1-13(2)9-10-20(16-5-3-4-6-16)17-8-7-15(18)11-14(17)12-19/h7-8,11,13,16H,3-6,9-10H2,1-2H3. The third-order valence-electron chi connectivity index (χ3n) is 4.10. The van der Waals surface area contributed by atoms with E-state index in [-0.39, 0.29) is 5.82 Å². The van der Waals surface area contributed by atoms with Gasteiger partial charge >= 0.3 is 0 Å². The average Bonchev–Trinajstić information content (AvgIpc) is 2.94. The third kappa shape index (κ3) is 3.50. The Balaban J connectivity index is 2.27. The van der Waals surface area contributed by atoms with Gasteiger partial charge in [-0.1, -0.05) is 26.7 Å². The summed E-state index contributed by atoms with van der Waals surface area (Å²) >= 11 is 0. The summed E-state index contributed by atoms with van der Waals surface area (Å²) in [6.07, 6.45) is 5.97. The maximum atomic E-state index is 13.3. The Morgan fingerprint density at radius 1 is 1.35 bits per heavy atom. The molecule has 0 bridgehead atoms. The van der Waals surface area contributed by atoms with Crippen LogP contribution >= 0.6 is 0 Å². The van der Waals surface area contributed by atoms with Crippen LogP contribution in [0.15, 0.2) is 18.2 Å². The van der Waals surface area contributed by atoms with Gasteiger partial charge in [0.2, 0.25) is 0 Å². The molecule has 1 aliphatic carbocycles. The van der Waals surface area contributed by atoms with Crippen LogP contribution in [-0.2, 0) is 0 Å². The SMILES string of the molecule is CC(C)CCN(c1ccc(F)cc1C#N)C1CCCC1. The molecule has 0 aliphatic heterocycles. The van der Waals surface area contributed by atoms with Crippen LogP contribution in [0.3, 0.4) is 0 Å². The first-order valence-corrected chi connectivity index (χ1v) is 7.58. The maximum absolute atomic E-state index is 13.3. The second-order valence-corrected chi connectivity index (χ2v) is 6.09. The normalized spacial score (nSPS) is 15.6. The molecule has 1 saturated carbocycles. The number of halogens is 1. The molecule has 0 atom stereocenters. The van der Waals surface area contributed by atoms with Gasteiger partial charge in [-0.05, 0) is 43.4 Å². The number of benzene rings is 1. The van der Waals surface area contributed by atoms with Crippen molar-refractivity contribution < 1.29 is 4.39 Å². The predicted octanol–water partition coefficient (Wildman–Crippen LogP) is 4.49. The van der Waals surface area contributed by atoms with Gasteiger partial charge in [-0.15, -0.1) is 0 Å². The molecule has 0 heterocycles. The Bertz CT molecular complexity index is 484. The summed E-state index contributed by atoms with van der Waals surface area (Å²) in [6, 6.07) is 7.24. The van der Waals surface area contributed by atoms with Gasteiger partial charge in [-0.3, -0.25) is 0 Å². The summed E-state index contributed by atoms with van der Waals surface area (Å²) in [7, 11) is 0. The van der Waals surface area contributed by atoms with E-state index in [4.69, 9.17) is 0 Å². The third-order valence-corrected chi connectivity index (χ3v) is 4.10. The molecule has 0 unspecified atom stereocenters. The van der Waals surface area contributed by atoms with E-state index in [0.29, 0.717) is 17.5 Å². The minimum Gasteiger partial charge on any atom is -0.367 e. The number of rotatable bonds is 5. The first-order chi connectivity index (χ1) is 9.61. The molecule has 108 valence electrons. The minimum atomic E-state index is -0.333. The molecule has 0 aromatic heterocycles. The molecule has 1 aromatic rings. The van der Waals surface area contributed by atoms with Gasteiger partial charge in [0.05, 0.1) is 11.3 Å². The van der Waals surface area contributed by atoms with Crippen molar-refractivity contribution in [2.75, 3.05) is 11.4 Å². The number of hydrogen-bond donors (Lipinski definition) is 0. The fourth-order valence-corrected chi connectivity index (χ4v) is 2.96. The molecule has 0 saturated heterocycles. The van der Waals surface area contributed by atoms with Crippen LogP contribution in [-0.4, -0.2) is 12.6 Å². The van der Waals surface area contributed by atoms with E-state index in [2.05, 4.69) is 24.8 Å². The number of anilines is 1. The largest absolute Gasteiger partial charge is 0.367 e. The zero-order valence-corrected chi connectivity index (χ0v) is 12.4. The highest BCUT2D eigenvalue weighted by atomic mass is 19.1. The first-order valence-electron chi connectivity index (χ1n) is 7.58. The van der Waals surface area contributed by atoms with Gasteiger partial charge in [0.1, 0.15) is 11.9 Å². The van der Waals surface area contributed by atoms with Crippen molar-refractivity contribution >= 4 is 5.69 Å². The van der Waals surface area contributed by atoms with E-state index in [0.717, 1.165) is 18.7 Å². The molecule has 0 amide bonds. The predicted molar refractivity (Wildman–Crippen MR) is 80.2 cm³/mol. The molecule has 1 fully saturated rings. The van der Waals surface area contributed by atoms with Crippen molar-refractivity contribution in [2.24, 2.45) is 5.92 Å². The van der Waals surface area contributed by atoms with Crippen molar-refractivity contribution in [3.8, 4) is 6.07 Å². The van der Waals surface area contributed by atoms with Crippen molar-refractivity contribution in [3.63, 3.8) is 0 Å². The summed E-state index contributed by atoms with van der Waals surface area (Å²) in [5.74, 6) is 0.297. The van der Waals surface area contributed by atoms with Crippen molar-refractivity contribution in [3.05, 3.63) is 29.6 Å². The summed E-state index contributed by atoms with van der Waals surface area (Å²) < 4.78 is 13.3. The molecule has 3 heteroatoms. The Morgan fingerprint density at radius 3 is 2.65 bits per heavy atom. The molecular formula is C17H23FN2. The average molecular weight is 274 g/mol. The molecule has 0 radical (unpaired) electrons. The van der Waals surface area contributed by atoms with Crippen LogP contribution in [0.5, 0.6) is 0 Å². The lowest BCUT2D eigenvalue weighted by Crippen LogP contribution is -2.35. The molecule has 1 aromatic carbocycles. The van der Waals surface area contributed by atoms with Crippen LogP contribution in [0.1, 0.15) is 51.5 Å². The second-order valence-electron chi connectivity index (χ2n) is 6.09. The summed E-state index contributed by atoms with van der Waals surface area (Å²) in [6.45, 7) is 5.37. The molecule has 0 spiro atoms. The zero-order chi connectivity index (χ0) is 14.5. The lowest BCUT2D eigenvalue weighted by molar-refractivity contribution is 0.527. The molecule has 1 aliphatic rings. The number of nitrogens with zero attached hydrogens (tertiary/aromatic N) is 2. The van der Waals surface area contributed by atoms with E-state index < -0.39 is 0 Å². The Kier molecular flexibility index (Phi) is 5.00. The van der Waals surface area contributed by atoms with E-state index in [1.165, 1.54) is 37.8 Å². The summed E-state index contributed by atoms with van der Waals surface area (Å²) in [4.78, 5) is 2.34. The van der Waals surface area contributed by atoms with Crippen LogP contribution in [0.25, 0.3) is 0 Å². The lowest BCUT2D eigenvalue weighted by atomic mass is 10.1. The van der Waals surface area contributed by atoms with Gasteiger partial charge in [0.25, 0.3) is 0 Å². The number of nitriles is 1. The Hall–Kier alpha value is -1.56. The highest BCUT2D eigenvalue weighted by molar-refractivity contribution is 5.60. The fourth-order valence-electron chi connectivity index (χ4n) is 2.96. The number of hydrogen-bond acceptors (Lipinski definition) is 2. The van der Waals surface area contributed by atoms with Gasteiger partial charge in [0.15, 0.2) is 0 Å². The van der Waals surface area contributed by atoms with E-state index in [1.54, 1.807) is 6.07 Å². The molecule has 2 nitrogen and oxygen atoms in total. The smallest absolute Gasteiger partial charge is 0.124 e. The highest BCUT2D eigenvalue weighted by Crippen LogP contribution is 2.31. The van der Waals surface area contributed by atoms with Gasteiger partial charge in [-0.2, -0.15) is 5.26 Å².